The average Bonchev–Trinajstić information content (AvgIpc) is 2.28. The molecule has 0 bridgehead atoms. The Morgan fingerprint density at radius 2 is 2.00 bits per heavy atom. The second-order valence-corrected chi connectivity index (χ2v) is 9.30. The maximum absolute atomic E-state index is 3.80. The summed E-state index contributed by atoms with van der Waals surface area (Å²) in [5.41, 5.74) is 3.81. The molecule has 2 heteroatoms. The molecule has 0 fully saturated rings. The molecule has 0 radical (unpaired) electrons. The molecule has 0 saturated heterocycles. The summed E-state index contributed by atoms with van der Waals surface area (Å²) < 4.78 is 0. The summed E-state index contributed by atoms with van der Waals surface area (Å²) in [5, 5.41) is 0. The van der Waals surface area contributed by atoms with E-state index in [9.17, 15) is 0 Å². The Bertz CT molecular complexity index is 282. The molecule has 0 saturated carbocycles. The summed E-state index contributed by atoms with van der Waals surface area (Å²) in [6, 6.07) is 12.0. The first kappa shape index (κ1) is 12.7. The highest BCUT2D eigenvalue weighted by atomic mass is 79.9. The Hall–Kier alpha value is -0.343. The van der Waals surface area contributed by atoms with E-state index in [0.29, 0.717) is 0 Å². The molecule has 82 valence electrons. The third kappa shape index (κ3) is 5.95. The molecule has 0 spiro atoms. The number of unbranched alkanes of at least 4 members (excludes halogenated alkanes) is 1. The van der Waals surface area contributed by atoms with Gasteiger partial charge in [0, 0.05) is 0 Å². The summed E-state index contributed by atoms with van der Waals surface area (Å²) in [6.07, 6.45) is 6.05. The molecule has 1 aromatic rings. The minimum Gasteiger partial charge on any atom is -0.125 e. The zero-order chi connectivity index (χ0) is 10.9. The highest BCUT2D eigenvalue weighted by Gasteiger charge is 1.99. The van der Waals surface area contributed by atoms with Crippen LogP contribution in [-0.2, 0) is 6.42 Å². The van der Waals surface area contributed by atoms with Gasteiger partial charge in [-0.1, -0.05) is 61.9 Å². The van der Waals surface area contributed by atoms with Crippen LogP contribution in [0.5, 0.6) is 0 Å². The first-order valence-electron chi connectivity index (χ1n) is 5.67. The Kier molecular flexibility index (Phi) is 6.69. The molecule has 0 aromatic heterocycles. The smallest absolute Gasteiger partial charge is 0.125 e. The lowest BCUT2D eigenvalue weighted by Gasteiger charge is -2.00. The lowest BCUT2D eigenvalue weighted by atomic mass is 10.2. The number of rotatable bonds is 6. The highest BCUT2D eigenvalue weighted by Crippen LogP contribution is 2.09. The van der Waals surface area contributed by atoms with E-state index in [0.717, 1.165) is 6.42 Å². The summed E-state index contributed by atoms with van der Waals surface area (Å²) >= 11 is 3.80. The van der Waals surface area contributed by atoms with Crippen LogP contribution in [0.1, 0.15) is 25.3 Å². The zero-order valence-corrected chi connectivity index (χ0v) is 12.1. The van der Waals surface area contributed by atoms with Gasteiger partial charge in [0.2, 0.25) is 0 Å². The maximum Gasteiger partial charge on any atom is 0.137 e. The van der Waals surface area contributed by atoms with Crippen LogP contribution in [0.2, 0.25) is 6.04 Å². The van der Waals surface area contributed by atoms with Gasteiger partial charge in [0.05, 0.1) is 0 Å². The number of halogens is 1. The van der Waals surface area contributed by atoms with Crippen molar-refractivity contribution in [3.05, 3.63) is 47.7 Å². The Balaban J connectivity index is 2.27. The topological polar surface area (TPSA) is 0 Å². The van der Waals surface area contributed by atoms with Crippen molar-refractivity contribution in [1.29, 1.82) is 0 Å². The molecule has 1 aromatic carbocycles. The molecule has 0 nitrogen and oxygen atoms in total. The maximum atomic E-state index is 3.80. The summed E-state index contributed by atoms with van der Waals surface area (Å²) in [4.78, 5) is 0. The van der Waals surface area contributed by atoms with E-state index in [2.05, 4.69) is 64.3 Å². The van der Waals surface area contributed by atoms with E-state index in [1.54, 1.807) is 0 Å². The molecule has 0 amide bonds. The third-order valence-corrected chi connectivity index (χ3v) is 6.31. The van der Waals surface area contributed by atoms with Crippen LogP contribution >= 0.6 is 15.3 Å². The van der Waals surface area contributed by atoms with Gasteiger partial charge < -0.3 is 0 Å². The van der Waals surface area contributed by atoms with Gasteiger partial charge in [-0.3, -0.25) is 0 Å². The molecular weight excluding hydrogens is 264 g/mol. The molecule has 0 aliphatic rings. The van der Waals surface area contributed by atoms with Crippen LogP contribution in [0.3, 0.4) is 0 Å². The third-order valence-electron chi connectivity index (χ3n) is 2.37. The molecule has 1 rings (SSSR count). The van der Waals surface area contributed by atoms with E-state index in [1.165, 1.54) is 24.4 Å². The monoisotopic (exact) mass is 282 g/mol. The van der Waals surface area contributed by atoms with Crippen LogP contribution in [0.25, 0.3) is 0 Å². The van der Waals surface area contributed by atoms with Crippen LogP contribution in [0, 0.1) is 0 Å². The van der Waals surface area contributed by atoms with Gasteiger partial charge in [-0.2, -0.15) is 0 Å². The van der Waals surface area contributed by atoms with E-state index in [4.69, 9.17) is 0 Å². The fourth-order valence-electron chi connectivity index (χ4n) is 1.46. The molecule has 0 N–H and O–H groups in total. The van der Waals surface area contributed by atoms with E-state index < -0.39 is 7.42 Å². The predicted octanol–water partition coefficient (Wildman–Crippen LogP) is 4.24. The molecule has 1 atom stereocenters. The van der Waals surface area contributed by atoms with Crippen molar-refractivity contribution in [2.45, 2.75) is 32.2 Å². The SMILES string of the molecule is CCCC[SiH](Br)C=CCc1ccccc1. The molecular formula is C13H19BrSi. The van der Waals surface area contributed by atoms with E-state index >= 15 is 0 Å². The number of hydrogen-bond acceptors (Lipinski definition) is 0. The number of hydrogen-bond donors (Lipinski definition) is 0. The van der Waals surface area contributed by atoms with Crippen molar-refractivity contribution in [2.75, 3.05) is 0 Å². The fraction of sp³-hybridized carbons (Fsp3) is 0.385. The largest absolute Gasteiger partial charge is 0.137 e. The van der Waals surface area contributed by atoms with Gasteiger partial charge >= 0.3 is 0 Å². The van der Waals surface area contributed by atoms with Gasteiger partial charge in [0.15, 0.2) is 0 Å². The van der Waals surface area contributed by atoms with Gasteiger partial charge in [-0.25, -0.2) is 0 Å². The standard InChI is InChI=1S/C13H19BrSi/c1-2-3-11-15(14)12-7-10-13-8-5-4-6-9-13/h4-9,12,15H,2-3,10-11H2,1H3. The molecule has 1 unspecified atom stereocenters. The van der Waals surface area contributed by atoms with Crippen LogP contribution in [0.4, 0.5) is 0 Å². The van der Waals surface area contributed by atoms with Crippen molar-refractivity contribution in [2.24, 2.45) is 0 Å². The van der Waals surface area contributed by atoms with Crippen molar-refractivity contribution < 1.29 is 0 Å². The first-order valence-corrected chi connectivity index (χ1v) is 10.3. The van der Waals surface area contributed by atoms with Gasteiger partial charge in [-0.15, -0.1) is 15.3 Å². The van der Waals surface area contributed by atoms with Gasteiger partial charge in [0.1, 0.15) is 7.42 Å². The minimum absolute atomic E-state index is 0.729. The van der Waals surface area contributed by atoms with Crippen molar-refractivity contribution in [3.8, 4) is 0 Å². The summed E-state index contributed by atoms with van der Waals surface area (Å²) in [7, 11) is -0.729. The van der Waals surface area contributed by atoms with Crippen LogP contribution in [-0.4, -0.2) is 7.42 Å². The van der Waals surface area contributed by atoms with E-state index in [1.807, 2.05) is 0 Å². The zero-order valence-electron chi connectivity index (χ0n) is 9.33. The highest BCUT2D eigenvalue weighted by molar-refractivity contribution is 9.24. The van der Waals surface area contributed by atoms with Crippen LogP contribution in [0.15, 0.2) is 42.1 Å². The fourth-order valence-corrected chi connectivity index (χ4v) is 4.50. The van der Waals surface area contributed by atoms with Gasteiger partial charge in [0.25, 0.3) is 0 Å². The normalized spacial score (nSPS) is 13.2. The molecule has 0 aliphatic carbocycles. The summed E-state index contributed by atoms with van der Waals surface area (Å²) in [5.74, 6) is 0. The minimum atomic E-state index is -0.729. The predicted molar refractivity (Wildman–Crippen MR) is 75.1 cm³/mol. The first-order chi connectivity index (χ1) is 7.33. The lowest BCUT2D eigenvalue weighted by molar-refractivity contribution is 0.880. The number of allylic oxidation sites excluding steroid dienone is 1. The quantitative estimate of drug-likeness (QED) is 0.541. The Labute approximate surface area is 103 Å². The van der Waals surface area contributed by atoms with Crippen molar-refractivity contribution in [1.82, 2.24) is 0 Å². The van der Waals surface area contributed by atoms with Gasteiger partial charge in [-0.05, 0) is 18.0 Å². The summed E-state index contributed by atoms with van der Waals surface area (Å²) in [6.45, 7) is 2.25. The molecule has 0 aliphatic heterocycles. The Morgan fingerprint density at radius 1 is 1.27 bits per heavy atom. The lowest BCUT2D eigenvalue weighted by Crippen LogP contribution is -1.97. The molecule has 0 heterocycles. The molecule has 15 heavy (non-hydrogen) atoms. The second-order valence-electron chi connectivity index (χ2n) is 3.78. The Morgan fingerprint density at radius 3 is 2.67 bits per heavy atom. The average molecular weight is 283 g/mol. The second kappa shape index (κ2) is 7.89. The van der Waals surface area contributed by atoms with Crippen LogP contribution < -0.4 is 0 Å². The van der Waals surface area contributed by atoms with E-state index in [-0.39, 0.29) is 0 Å². The van der Waals surface area contributed by atoms with Crippen molar-refractivity contribution in [3.63, 3.8) is 0 Å². The van der Waals surface area contributed by atoms with Crippen molar-refractivity contribution >= 4 is 22.7 Å². The number of benzene rings is 1.